The Morgan fingerprint density at radius 1 is 1.25 bits per heavy atom. The van der Waals surface area contributed by atoms with Crippen LogP contribution in [0.3, 0.4) is 0 Å². The molecule has 0 saturated carbocycles. The van der Waals surface area contributed by atoms with E-state index in [0.717, 1.165) is 5.56 Å². The Labute approximate surface area is 96.5 Å². The lowest BCUT2D eigenvalue weighted by Gasteiger charge is -2.13. The third-order valence-corrected chi connectivity index (χ3v) is 2.20. The molecule has 0 radical (unpaired) electrons. The molecule has 0 bridgehead atoms. The topological polar surface area (TPSA) is 70.5 Å². The second kappa shape index (κ2) is 6.35. The van der Waals surface area contributed by atoms with Crippen LogP contribution in [0.4, 0.5) is 5.69 Å². The maximum Gasteiger partial charge on any atom is 0.142 e. The fraction of sp³-hybridized carbons (Fsp3) is 0.500. The summed E-state index contributed by atoms with van der Waals surface area (Å²) < 4.78 is 10.7. The van der Waals surface area contributed by atoms with E-state index in [9.17, 15) is 0 Å². The van der Waals surface area contributed by atoms with Crippen molar-refractivity contribution in [3.8, 4) is 5.75 Å². The van der Waals surface area contributed by atoms with E-state index in [0.29, 0.717) is 31.1 Å². The Bertz CT molecular complexity index is 329. The molecule has 1 unspecified atom stereocenters. The summed E-state index contributed by atoms with van der Waals surface area (Å²) in [5.41, 5.74) is 13.3. The number of nitrogens with two attached hydrogens (primary N) is 2. The lowest BCUT2D eigenvalue weighted by molar-refractivity contribution is 0.0681. The molecule has 16 heavy (non-hydrogen) atoms. The minimum absolute atomic E-state index is 0.275. The molecule has 0 aliphatic carbocycles. The predicted octanol–water partition coefficient (Wildman–Crippen LogP) is 1.53. The first-order chi connectivity index (χ1) is 7.67. The summed E-state index contributed by atoms with van der Waals surface area (Å²) in [4.78, 5) is 0. The zero-order valence-corrected chi connectivity index (χ0v) is 9.90. The van der Waals surface area contributed by atoms with Gasteiger partial charge >= 0.3 is 0 Å². The molecule has 0 spiro atoms. The Kier molecular flexibility index (Phi) is 5.08. The van der Waals surface area contributed by atoms with Crippen LogP contribution in [0.25, 0.3) is 0 Å². The summed E-state index contributed by atoms with van der Waals surface area (Å²) in [6, 6.07) is 5.69. The minimum Gasteiger partial charge on any atom is -0.492 e. The van der Waals surface area contributed by atoms with Crippen LogP contribution in [0.15, 0.2) is 18.2 Å². The first kappa shape index (κ1) is 12.8. The van der Waals surface area contributed by atoms with Crippen LogP contribution < -0.4 is 16.2 Å². The molecular weight excluding hydrogens is 204 g/mol. The highest BCUT2D eigenvalue weighted by Gasteiger charge is 2.06. The van der Waals surface area contributed by atoms with Crippen molar-refractivity contribution < 1.29 is 9.47 Å². The molecule has 90 valence electrons. The maximum atomic E-state index is 5.78. The first-order valence-corrected chi connectivity index (χ1v) is 5.55. The van der Waals surface area contributed by atoms with E-state index >= 15 is 0 Å². The number of hydrogen-bond donors (Lipinski definition) is 2. The fourth-order valence-corrected chi connectivity index (χ4v) is 1.49. The van der Waals surface area contributed by atoms with Crippen LogP contribution in [0.5, 0.6) is 5.75 Å². The van der Waals surface area contributed by atoms with Crippen molar-refractivity contribution in [1.82, 2.24) is 0 Å². The summed E-state index contributed by atoms with van der Waals surface area (Å²) in [5, 5.41) is 0. The molecular formula is C12H20N2O2. The van der Waals surface area contributed by atoms with Crippen molar-refractivity contribution in [2.45, 2.75) is 26.5 Å². The van der Waals surface area contributed by atoms with Crippen LogP contribution in [-0.4, -0.2) is 19.4 Å². The van der Waals surface area contributed by atoms with Gasteiger partial charge in [-0.1, -0.05) is 6.07 Å². The van der Waals surface area contributed by atoms with Gasteiger partial charge in [-0.05, 0) is 31.5 Å². The number of nitrogen functional groups attached to an aromatic ring is 1. The number of rotatable bonds is 6. The van der Waals surface area contributed by atoms with Crippen molar-refractivity contribution in [2.75, 3.05) is 18.9 Å². The van der Waals surface area contributed by atoms with Crippen molar-refractivity contribution >= 4 is 5.69 Å². The Morgan fingerprint density at radius 3 is 2.62 bits per heavy atom. The summed E-state index contributed by atoms with van der Waals surface area (Å²) in [6.07, 6.45) is 0.386. The van der Waals surface area contributed by atoms with E-state index in [4.69, 9.17) is 20.9 Å². The number of hydrogen-bond acceptors (Lipinski definition) is 4. The Morgan fingerprint density at radius 2 is 2.00 bits per heavy atom. The normalized spacial score (nSPS) is 12.4. The van der Waals surface area contributed by atoms with Gasteiger partial charge in [0.15, 0.2) is 0 Å². The number of ether oxygens (including phenoxy) is 2. The molecule has 0 fully saturated rings. The molecule has 0 aliphatic heterocycles. The molecule has 0 amide bonds. The molecule has 1 rings (SSSR count). The standard InChI is InChI=1S/C12H20N2O2/c1-3-15-11-7-9(5-6-10(11)13)8-12(14)16-4-2/h5-7,12H,3-4,8,13-14H2,1-2H3. The van der Waals surface area contributed by atoms with Gasteiger partial charge < -0.3 is 20.9 Å². The van der Waals surface area contributed by atoms with Crippen LogP contribution in [0.1, 0.15) is 19.4 Å². The molecule has 0 aromatic heterocycles. The van der Waals surface area contributed by atoms with Crippen molar-refractivity contribution in [1.29, 1.82) is 0 Å². The summed E-state index contributed by atoms with van der Waals surface area (Å²) >= 11 is 0. The summed E-state index contributed by atoms with van der Waals surface area (Å²) in [5.74, 6) is 0.712. The van der Waals surface area contributed by atoms with E-state index < -0.39 is 0 Å². The van der Waals surface area contributed by atoms with Gasteiger partial charge in [-0.15, -0.1) is 0 Å². The first-order valence-electron chi connectivity index (χ1n) is 5.55. The molecule has 4 heteroatoms. The van der Waals surface area contributed by atoms with E-state index in [1.54, 1.807) is 0 Å². The maximum absolute atomic E-state index is 5.78. The largest absolute Gasteiger partial charge is 0.492 e. The highest BCUT2D eigenvalue weighted by Crippen LogP contribution is 2.23. The van der Waals surface area contributed by atoms with Crippen molar-refractivity contribution in [3.05, 3.63) is 23.8 Å². The second-order valence-corrected chi connectivity index (χ2v) is 3.50. The Balaban J connectivity index is 2.70. The quantitative estimate of drug-likeness (QED) is 0.568. The SMILES string of the molecule is CCOc1cc(CC(N)OCC)ccc1N. The zero-order chi connectivity index (χ0) is 12.0. The van der Waals surface area contributed by atoms with Gasteiger partial charge in [-0.25, -0.2) is 0 Å². The molecule has 0 heterocycles. The van der Waals surface area contributed by atoms with Gasteiger partial charge in [0.25, 0.3) is 0 Å². The molecule has 1 atom stereocenters. The number of anilines is 1. The second-order valence-electron chi connectivity index (χ2n) is 3.50. The average Bonchev–Trinajstić information content (AvgIpc) is 2.24. The smallest absolute Gasteiger partial charge is 0.142 e. The molecule has 4 N–H and O–H groups in total. The van der Waals surface area contributed by atoms with Crippen LogP contribution in [0.2, 0.25) is 0 Å². The molecule has 1 aromatic rings. The summed E-state index contributed by atoms with van der Waals surface area (Å²) in [6.45, 7) is 5.08. The fourth-order valence-electron chi connectivity index (χ4n) is 1.49. The van der Waals surface area contributed by atoms with Crippen LogP contribution in [-0.2, 0) is 11.2 Å². The number of benzene rings is 1. The monoisotopic (exact) mass is 224 g/mol. The average molecular weight is 224 g/mol. The third-order valence-electron chi connectivity index (χ3n) is 2.20. The Hall–Kier alpha value is -1.26. The van der Waals surface area contributed by atoms with Gasteiger partial charge in [-0.2, -0.15) is 0 Å². The third kappa shape index (κ3) is 3.72. The highest BCUT2D eigenvalue weighted by atomic mass is 16.5. The van der Waals surface area contributed by atoms with E-state index in [1.807, 2.05) is 32.0 Å². The van der Waals surface area contributed by atoms with Gasteiger partial charge in [0.05, 0.1) is 12.3 Å². The zero-order valence-electron chi connectivity index (χ0n) is 9.90. The predicted molar refractivity (Wildman–Crippen MR) is 65.3 cm³/mol. The van der Waals surface area contributed by atoms with Gasteiger partial charge in [-0.3, -0.25) is 0 Å². The molecule has 4 nitrogen and oxygen atoms in total. The van der Waals surface area contributed by atoms with E-state index in [-0.39, 0.29) is 6.23 Å². The molecule has 1 aromatic carbocycles. The molecule has 0 aliphatic rings. The van der Waals surface area contributed by atoms with E-state index in [1.165, 1.54) is 0 Å². The highest BCUT2D eigenvalue weighted by molar-refractivity contribution is 5.54. The van der Waals surface area contributed by atoms with Gasteiger partial charge in [0.1, 0.15) is 12.0 Å². The van der Waals surface area contributed by atoms with Crippen molar-refractivity contribution in [2.24, 2.45) is 5.73 Å². The lowest BCUT2D eigenvalue weighted by Crippen LogP contribution is -2.26. The van der Waals surface area contributed by atoms with Gasteiger partial charge in [0, 0.05) is 13.0 Å². The van der Waals surface area contributed by atoms with E-state index in [2.05, 4.69) is 0 Å². The van der Waals surface area contributed by atoms with Crippen LogP contribution in [0, 0.1) is 0 Å². The summed E-state index contributed by atoms with van der Waals surface area (Å²) in [7, 11) is 0. The van der Waals surface area contributed by atoms with Gasteiger partial charge in [0.2, 0.25) is 0 Å². The molecule has 0 saturated heterocycles. The van der Waals surface area contributed by atoms with Crippen molar-refractivity contribution in [3.63, 3.8) is 0 Å². The van der Waals surface area contributed by atoms with Crippen LogP contribution >= 0.6 is 0 Å². The minimum atomic E-state index is -0.275. The lowest BCUT2D eigenvalue weighted by atomic mass is 10.1.